The SMILES string of the molecule is CCNCCN1CCCC2C(=O)NCC21. The third-order valence-corrected chi connectivity index (χ3v) is 3.54. The molecule has 86 valence electrons. The number of nitrogens with one attached hydrogen (secondary N) is 2. The van der Waals surface area contributed by atoms with Gasteiger partial charge in [-0.25, -0.2) is 0 Å². The van der Waals surface area contributed by atoms with Crippen LogP contribution in [0.4, 0.5) is 0 Å². The molecule has 2 unspecified atom stereocenters. The highest BCUT2D eigenvalue weighted by Gasteiger charge is 2.40. The first-order valence-electron chi connectivity index (χ1n) is 6.05. The smallest absolute Gasteiger partial charge is 0.224 e. The number of rotatable bonds is 4. The standard InChI is InChI=1S/C11H21N3O/c1-2-12-5-7-14-6-3-4-9-10(14)8-13-11(9)15/h9-10,12H,2-8H2,1H3,(H,13,15). The Morgan fingerprint density at radius 2 is 2.47 bits per heavy atom. The molecule has 0 bridgehead atoms. The third kappa shape index (κ3) is 2.32. The fraction of sp³-hybridized carbons (Fsp3) is 0.909. The molecule has 0 radical (unpaired) electrons. The van der Waals surface area contributed by atoms with Gasteiger partial charge in [-0.3, -0.25) is 9.69 Å². The highest BCUT2D eigenvalue weighted by molar-refractivity contribution is 5.82. The van der Waals surface area contributed by atoms with Gasteiger partial charge in [0.2, 0.25) is 5.91 Å². The summed E-state index contributed by atoms with van der Waals surface area (Å²) in [5.41, 5.74) is 0. The average molecular weight is 211 g/mol. The van der Waals surface area contributed by atoms with Gasteiger partial charge in [-0.15, -0.1) is 0 Å². The van der Waals surface area contributed by atoms with Crippen LogP contribution in [-0.2, 0) is 4.79 Å². The minimum atomic E-state index is 0.264. The monoisotopic (exact) mass is 211 g/mol. The molecular weight excluding hydrogens is 190 g/mol. The fourth-order valence-corrected chi connectivity index (χ4v) is 2.72. The Bertz CT molecular complexity index is 232. The van der Waals surface area contributed by atoms with Crippen molar-refractivity contribution in [3.63, 3.8) is 0 Å². The van der Waals surface area contributed by atoms with Crippen molar-refractivity contribution >= 4 is 5.91 Å². The molecule has 0 aromatic carbocycles. The number of likely N-dealkylation sites (N-methyl/N-ethyl adjacent to an activating group) is 1. The van der Waals surface area contributed by atoms with E-state index in [4.69, 9.17) is 0 Å². The number of carbonyl (C=O) groups excluding carboxylic acids is 1. The van der Waals surface area contributed by atoms with Crippen LogP contribution in [0.5, 0.6) is 0 Å². The largest absolute Gasteiger partial charge is 0.354 e. The molecule has 0 spiro atoms. The zero-order valence-corrected chi connectivity index (χ0v) is 9.46. The van der Waals surface area contributed by atoms with Crippen molar-refractivity contribution in [3.05, 3.63) is 0 Å². The van der Waals surface area contributed by atoms with Crippen LogP contribution in [0.3, 0.4) is 0 Å². The van der Waals surface area contributed by atoms with Crippen molar-refractivity contribution in [2.45, 2.75) is 25.8 Å². The summed E-state index contributed by atoms with van der Waals surface area (Å²) in [5, 5.41) is 6.32. The first-order chi connectivity index (χ1) is 7.33. The lowest BCUT2D eigenvalue weighted by Gasteiger charge is -2.35. The van der Waals surface area contributed by atoms with E-state index >= 15 is 0 Å². The Balaban J connectivity index is 1.86. The van der Waals surface area contributed by atoms with Gasteiger partial charge in [-0.2, -0.15) is 0 Å². The first-order valence-corrected chi connectivity index (χ1v) is 6.05. The molecule has 0 saturated carbocycles. The Morgan fingerprint density at radius 3 is 3.27 bits per heavy atom. The van der Waals surface area contributed by atoms with Gasteiger partial charge in [0.25, 0.3) is 0 Å². The van der Waals surface area contributed by atoms with Crippen LogP contribution in [-0.4, -0.2) is 49.6 Å². The summed E-state index contributed by atoms with van der Waals surface area (Å²) in [5.74, 6) is 0.536. The molecule has 4 heteroatoms. The summed E-state index contributed by atoms with van der Waals surface area (Å²) in [6, 6.07) is 0.463. The van der Waals surface area contributed by atoms with Gasteiger partial charge in [0.05, 0.1) is 5.92 Å². The van der Waals surface area contributed by atoms with E-state index in [0.29, 0.717) is 6.04 Å². The quantitative estimate of drug-likeness (QED) is 0.633. The van der Waals surface area contributed by atoms with Crippen molar-refractivity contribution in [2.75, 3.05) is 32.7 Å². The van der Waals surface area contributed by atoms with Crippen molar-refractivity contribution in [2.24, 2.45) is 5.92 Å². The number of hydrogen-bond acceptors (Lipinski definition) is 3. The van der Waals surface area contributed by atoms with Crippen molar-refractivity contribution in [1.82, 2.24) is 15.5 Å². The van der Waals surface area contributed by atoms with Gasteiger partial charge in [0, 0.05) is 25.7 Å². The third-order valence-electron chi connectivity index (χ3n) is 3.54. The molecular formula is C11H21N3O. The molecule has 15 heavy (non-hydrogen) atoms. The number of likely N-dealkylation sites (tertiary alicyclic amines) is 1. The van der Waals surface area contributed by atoms with E-state index in [0.717, 1.165) is 39.1 Å². The molecule has 2 heterocycles. The Hall–Kier alpha value is -0.610. The number of piperidine rings is 1. The maximum atomic E-state index is 11.5. The summed E-state index contributed by atoms with van der Waals surface area (Å²) in [7, 11) is 0. The number of hydrogen-bond donors (Lipinski definition) is 2. The lowest BCUT2D eigenvalue weighted by Crippen LogP contribution is -2.47. The van der Waals surface area contributed by atoms with Crippen LogP contribution < -0.4 is 10.6 Å². The number of nitrogens with zero attached hydrogens (tertiary/aromatic N) is 1. The van der Waals surface area contributed by atoms with E-state index in [1.807, 2.05) is 0 Å². The summed E-state index contributed by atoms with van der Waals surface area (Å²) >= 11 is 0. The predicted octanol–water partition coefficient (Wildman–Crippen LogP) is -0.194. The Kier molecular flexibility index (Phi) is 3.59. The lowest BCUT2D eigenvalue weighted by atomic mass is 9.91. The van der Waals surface area contributed by atoms with Crippen LogP contribution in [0.2, 0.25) is 0 Å². The molecule has 2 N–H and O–H groups in total. The molecule has 2 atom stereocenters. The fourth-order valence-electron chi connectivity index (χ4n) is 2.72. The van der Waals surface area contributed by atoms with E-state index in [-0.39, 0.29) is 11.8 Å². The van der Waals surface area contributed by atoms with Gasteiger partial charge < -0.3 is 10.6 Å². The van der Waals surface area contributed by atoms with E-state index in [2.05, 4.69) is 22.5 Å². The molecule has 0 aromatic heterocycles. The van der Waals surface area contributed by atoms with Crippen LogP contribution in [0.15, 0.2) is 0 Å². The molecule has 2 aliphatic rings. The second kappa shape index (κ2) is 4.94. The minimum Gasteiger partial charge on any atom is -0.354 e. The van der Waals surface area contributed by atoms with Gasteiger partial charge >= 0.3 is 0 Å². The highest BCUT2D eigenvalue weighted by Crippen LogP contribution is 2.26. The molecule has 0 aliphatic carbocycles. The van der Waals surface area contributed by atoms with Crippen LogP contribution in [0.1, 0.15) is 19.8 Å². The Morgan fingerprint density at radius 1 is 1.60 bits per heavy atom. The second-order valence-electron chi connectivity index (χ2n) is 4.45. The zero-order chi connectivity index (χ0) is 10.7. The molecule has 2 saturated heterocycles. The van der Waals surface area contributed by atoms with E-state index in [9.17, 15) is 4.79 Å². The maximum Gasteiger partial charge on any atom is 0.224 e. The number of carbonyl (C=O) groups is 1. The normalized spacial score (nSPS) is 31.4. The zero-order valence-electron chi connectivity index (χ0n) is 9.46. The van der Waals surface area contributed by atoms with Gasteiger partial charge in [-0.05, 0) is 25.9 Å². The van der Waals surface area contributed by atoms with Gasteiger partial charge in [0.1, 0.15) is 0 Å². The Labute approximate surface area is 91.4 Å². The lowest BCUT2D eigenvalue weighted by molar-refractivity contribution is -0.124. The molecule has 2 fully saturated rings. The van der Waals surface area contributed by atoms with Crippen molar-refractivity contribution in [3.8, 4) is 0 Å². The van der Waals surface area contributed by atoms with Crippen molar-refractivity contribution < 1.29 is 4.79 Å². The van der Waals surface area contributed by atoms with Gasteiger partial charge in [0.15, 0.2) is 0 Å². The molecule has 2 aliphatic heterocycles. The van der Waals surface area contributed by atoms with Crippen molar-refractivity contribution in [1.29, 1.82) is 0 Å². The van der Waals surface area contributed by atoms with E-state index in [1.165, 1.54) is 6.42 Å². The second-order valence-corrected chi connectivity index (χ2v) is 4.45. The molecule has 0 aromatic rings. The average Bonchev–Trinajstić information content (AvgIpc) is 2.62. The predicted molar refractivity (Wildman–Crippen MR) is 59.6 cm³/mol. The van der Waals surface area contributed by atoms with Crippen LogP contribution in [0.25, 0.3) is 0 Å². The summed E-state index contributed by atoms with van der Waals surface area (Å²) < 4.78 is 0. The van der Waals surface area contributed by atoms with Gasteiger partial charge in [-0.1, -0.05) is 6.92 Å². The maximum absolute atomic E-state index is 11.5. The summed E-state index contributed by atoms with van der Waals surface area (Å²) in [4.78, 5) is 14.0. The number of fused-ring (bicyclic) bond motifs is 1. The van der Waals surface area contributed by atoms with Crippen LogP contribution >= 0.6 is 0 Å². The van der Waals surface area contributed by atoms with E-state index in [1.54, 1.807) is 0 Å². The molecule has 4 nitrogen and oxygen atoms in total. The highest BCUT2D eigenvalue weighted by atomic mass is 16.2. The first kappa shape index (κ1) is 10.9. The van der Waals surface area contributed by atoms with E-state index < -0.39 is 0 Å². The minimum absolute atomic E-state index is 0.264. The molecule has 2 rings (SSSR count). The summed E-state index contributed by atoms with van der Waals surface area (Å²) in [6.45, 7) is 7.27. The summed E-state index contributed by atoms with van der Waals surface area (Å²) in [6.07, 6.45) is 2.24. The molecule has 1 amide bonds. The topological polar surface area (TPSA) is 44.4 Å². The van der Waals surface area contributed by atoms with Crippen LogP contribution in [0, 0.1) is 5.92 Å². The number of amides is 1.